The number of anilines is 3. The highest BCUT2D eigenvalue weighted by Crippen LogP contribution is 2.18. The molecule has 3 heterocycles. The van der Waals surface area contributed by atoms with Crippen LogP contribution in [0, 0.1) is 0 Å². The number of aromatic nitrogens is 3. The molecular formula is C20H21N7O2S2. The summed E-state index contributed by atoms with van der Waals surface area (Å²) >= 11 is 5.54. The largest absolute Gasteiger partial charge is 0.353 e. The van der Waals surface area contributed by atoms with Crippen LogP contribution in [-0.2, 0) is 10.0 Å². The molecular weight excluding hydrogens is 434 g/mol. The quantitative estimate of drug-likeness (QED) is 0.560. The minimum Gasteiger partial charge on any atom is -0.353 e. The van der Waals surface area contributed by atoms with Crippen molar-refractivity contribution < 1.29 is 8.42 Å². The van der Waals surface area contributed by atoms with Gasteiger partial charge in [0.2, 0.25) is 5.95 Å². The lowest BCUT2D eigenvalue weighted by Crippen LogP contribution is -2.50. The van der Waals surface area contributed by atoms with Gasteiger partial charge < -0.3 is 15.1 Å². The second kappa shape index (κ2) is 9.23. The first-order valence-corrected chi connectivity index (χ1v) is 11.5. The van der Waals surface area contributed by atoms with Crippen molar-refractivity contribution in [2.45, 2.75) is 4.90 Å². The van der Waals surface area contributed by atoms with Gasteiger partial charge in [0.1, 0.15) is 5.82 Å². The van der Waals surface area contributed by atoms with Gasteiger partial charge in [-0.25, -0.2) is 28.1 Å². The summed E-state index contributed by atoms with van der Waals surface area (Å²) in [5.74, 6) is 0.989. The summed E-state index contributed by atoms with van der Waals surface area (Å²) in [6.07, 6.45) is 4.73. The summed E-state index contributed by atoms with van der Waals surface area (Å²) in [5, 5.41) is 3.78. The van der Waals surface area contributed by atoms with Crippen LogP contribution in [0.4, 0.5) is 17.5 Å². The van der Waals surface area contributed by atoms with Crippen molar-refractivity contribution in [3.8, 4) is 0 Å². The molecule has 1 aliphatic heterocycles. The molecule has 9 nitrogen and oxygen atoms in total. The highest BCUT2D eigenvalue weighted by Gasteiger charge is 2.20. The van der Waals surface area contributed by atoms with Gasteiger partial charge in [-0.3, -0.25) is 0 Å². The zero-order valence-electron chi connectivity index (χ0n) is 16.5. The number of pyridine rings is 1. The van der Waals surface area contributed by atoms with Gasteiger partial charge in [0.05, 0.1) is 4.90 Å². The van der Waals surface area contributed by atoms with Crippen LogP contribution < -0.4 is 14.9 Å². The van der Waals surface area contributed by atoms with Crippen molar-refractivity contribution in [2.24, 2.45) is 0 Å². The van der Waals surface area contributed by atoms with E-state index in [0.717, 1.165) is 32.0 Å². The van der Waals surface area contributed by atoms with Crippen LogP contribution in [-0.4, -0.2) is 59.6 Å². The maximum Gasteiger partial charge on any atom is 0.264 e. The molecule has 3 aromatic rings. The Bertz CT molecular complexity index is 1120. The first-order chi connectivity index (χ1) is 15.0. The Morgan fingerprint density at radius 1 is 0.871 bits per heavy atom. The molecule has 0 spiro atoms. The second-order valence-electron chi connectivity index (χ2n) is 6.79. The Kier molecular flexibility index (Phi) is 6.23. The zero-order valence-corrected chi connectivity index (χ0v) is 18.2. The fourth-order valence-corrected chi connectivity index (χ4v) is 4.39. The van der Waals surface area contributed by atoms with E-state index in [1.807, 2.05) is 18.2 Å². The van der Waals surface area contributed by atoms with Gasteiger partial charge in [-0.1, -0.05) is 6.07 Å². The van der Waals surface area contributed by atoms with Crippen molar-refractivity contribution in [1.29, 1.82) is 0 Å². The number of nitrogens with one attached hydrogen (secondary N) is 2. The lowest BCUT2D eigenvalue weighted by molar-refractivity contribution is 0.389. The molecule has 1 fully saturated rings. The van der Waals surface area contributed by atoms with Crippen LogP contribution >= 0.6 is 12.2 Å². The Hall–Kier alpha value is -3.31. The third kappa shape index (κ3) is 5.25. The van der Waals surface area contributed by atoms with E-state index in [4.69, 9.17) is 12.2 Å². The molecule has 0 amide bonds. The maximum absolute atomic E-state index is 12.5. The molecule has 0 aliphatic carbocycles. The van der Waals surface area contributed by atoms with E-state index < -0.39 is 10.0 Å². The van der Waals surface area contributed by atoms with Crippen LogP contribution in [0.15, 0.2) is 72.0 Å². The fourth-order valence-electron chi connectivity index (χ4n) is 3.13. The molecule has 4 rings (SSSR count). The van der Waals surface area contributed by atoms with Crippen molar-refractivity contribution in [3.05, 3.63) is 67.1 Å². The second-order valence-corrected chi connectivity index (χ2v) is 8.86. The van der Waals surface area contributed by atoms with Gasteiger partial charge in [-0.15, -0.1) is 0 Å². The van der Waals surface area contributed by atoms with Gasteiger partial charge in [0, 0.05) is 50.5 Å². The van der Waals surface area contributed by atoms with Gasteiger partial charge in [0.15, 0.2) is 5.11 Å². The van der Waals surface area contributed by atoms with Gasteiger partial charge >= 0.3 is 0 Å². The van der Waals surface area contributed by atoms with E-state index in [0.29, 0.717) is 10.8 Å². The van der Waals surface area contributed by atoms with Gasteiger partial charge in [0.25, 0.3) is 10.0 Å². The normalized spacial score (nSPS) is 14.2. The number of sulfonamides is 1. The third-order valence-electron chi connectivity index (χ3n) is 4.75. The van der Waals surface area contributed by atoms with Crippen LogP contribution in [0.1, 0.15) is 0 Å². The average Bonchev–Trinajstić information content (AvgIpc) is 2.80. The van der Waals surface area contributed by atoms with Crippen molar-refractivity contribution in [2.75, 3.05) is 41.1 Å². The molecule has 31 heavy (non-hydrogen) atoms. The molecule has 1 aliphatic rings. The standard InChI is InChI=1S/C20H21N7O2S2/c28-31(29,25-19-22-10-3-11-23-19)17-7-5-16(6-8-17)24-20(30)27-14-12-26(13-15-27)18-4-1-2-9-21-18/h1-11H,12-15H2,(H,24,30)(H,22,23,25). The molecule has 0 radical (unpaired) electrons. The first kappa shape index (κ1) is 20.9. The number of rotatable bonds is 5. The number of hydrogen-bond acceptors (Lipinski definition) is 7. The van der Waals surface area contributed by atoms with E-state index in [1.54, 1.807) is 24.4 Å². The average molecular weight is 456 g/mol. The summed E-state index contributed by atoms with van der Waals surface area (Å²) in [6.45, 7) is 3.19. The molecule has 0 unspecified atom stereocenters. The van der Waals surface area contributed by atoms with E-state index in [2.05, 4.69) is 34.8 Å². The summed E-state index contributed by atoms with van der Waals surface area (Å²) in [4.78, 5) is 16.6. The molecule has 160 valence electrons. The molecule has 2 N–H and O–H groups in total. The lowest BCUT2D eigenvalue weighted by Gasteiger charge is -2.36. The number of thiocarbonyl (C=S) groups is 1. The van der Waals surface area contributed by atoms with E-state index in [9.17, 15) is 8.42 Å². The summed E-state index contributed by atoms with van der Waals surface area (Å²) < 4.78 is 27.3. The summed E-state index contributed by atoms with van der Waals surface area (Å²) in [6, 6.07) is 13.9. The van der Waals surface area contributed by atoms with E-state index in [-0.39, 0.29) is 10.8 Å². The number of hydrogen-bond donors (Lipinski definition) is 2. The predicted octanol–water partition coefficient (Wildman–Crippen LogP) is 2.19. The monoisotopic (exact) mass is 455 g/mol. The van der Waals surface area contributed by atoms with Crippen LogP contribution in [0.2, 0.25) is 0 Å². The summed E-state index contributed by atoms with van der Waals surface area (Å²) in [7, 11) is -3.77. The zero-order chi connectivity index (χ0) is 21.7. The Morgan fingerprint density at radius 3 is 2.19 bits per heavy atom. The molecule has 0 bridgehead atoms. The minimum atomic E-state index is -3.77. The number of piperazine rings is 1. The maximum atomic E-state index is 12.5. The van der Waals surface area contributed by atoms with Gasteiger partial charge in [-0.05, 0) is 54.7 Å². The fraction of sp³-hybridized carbons (Fsp3) is 0.200. The van der Waals surface area contributed by atoms with E-state index >= 15 is 0 Å². The Balaban J connectivity index is 1.33. The number of nitrogens with zero attached hydrogens (tertiary/aromatic N) is 5. The Labute approximate surface area is 186 Å². The number of benzene rings is 1. The minimum absolute atomic E-state index is 0.0238. The topological polar surface area (TPSA) is 103 Å². The summed E-state index contributed by atoms with van der Waals surface area (Å²) in [5.41, 5.74) is 0.715. The first-order valence-electron chi connectivity index (χ1n) is 9.63. The third-order valence-corrected chi connectivity index (χ3v) is 6.45. The predicted molar refractivity (Wildman–Crippen MR) is 124 cm³/mol. The molecule has 0 atom stereocenters. The van der Waals surface area contributed by atoms with E-state index in [1.165, 1.54) is 24.5 Å². The molecule has 11 heteroatoms. The van der Waals surface area contributed by atoms with Gasteiger partial charge in [-0.2, -0.15) is 0 Å². The molecule has 0 saturated carbocycles. The Morgan fingerprint density at radius 2 is 1.55 bits per heavy atom. The van der Waals surface area contributed by atoms with Crippen molar-refractivity contribution in [3.63, 3.8) is 0 Å². The lowest BCUT2D eigenvalue weighted by atomic mass is 10.3. The van der Waals surface area contributed by atoms with Crippen LogP contribution in [0.5, 0.6) is 0 Å². The van der Waals surface area contributed by atoms with Crippen LogP contribution in [0.25, 0.3) is 0 Å². The highest BCUT2D eigenvalue weighted by molar-refractivity contribution is 7.92. The molecule has 1 aromatic carbocycles. The highest BCUT2D eigenvalue weighted by atomic mass is 32.2. The van der Waals surface area contributed by atoms with Crippen molar-refractivity contribution >= 4 is 44.8 Å². The molecule has 2 aromatic heterocycles. The smallest absolute Gasteiger partial charge is 0.264 e. The van der Waals surface area contributed by atoms with Crippen molar-refractivity contribution in [1.82, 2.24) is 19.9 Å². The SMILES string of the molecule is O=S(=O)(Nc1ncccn1)c1ccc(NC(=S)N2CCN(c3ccccn3)CC2)cc1. The molecule has 1 saturated heterocycles. The van der Waals surface area contributed by atoms with Crippen LogP contribution in [0.3, 0.4) is 0 Å².